The maximum absolute atomic E-state index is 12.4. The predicted octanol–water partition coefficient (Wildman–Crippen LogP) is 3.24. The number of pyridine rings is 1. The number of piperidine rings is 1. The number of carbonyl (C=O) groups is 1. The molecule has 1 amide bonds. The summed E-state index contributed by atoms with van der Waals surface area (Å²) in [6.45, 7) is 1.59. The number of nitrogens with one attached hydrogen (secondary N) is 1. The molecule has 1 N–H and O–H groups in total. The van der Waals surface area contributed by atoms with Gasteiger partial charge in [0.2, 0.25) is 0 Å². The largest absolute Gasteiger partial charge is 0.355 e. The summed E-state index contributed by atoms with van der Waals surface area (Å²) < 4.78 is 1.78. The van der Waals surface area contributed by atoms with Crippen LogP contribution in [0.25, 0.3) is 17.0 Å². The van der Waals surface area contributed by atoms with Crippen LogP contribution in [-0.2, 0) is 0 Å². The van der Waals surface area contributed by atoms with E-state index in [0.717, 1.165) is 43.1 Å². The van der Waals surface area contributed by atoms with Crippen molar-refractivity contribution in [3.63, 3.8) is 0 Å². The molecule has 0 spiro atoms. The first-order valence-electron chi connectivity index (χ1n) is 10.1. The number of amides is 1. The average molecular weight is 434 g/mol. The van der Waals surface area contributed by atoms with Crippen LogP contribution in [0, 0.1) is 0 Å². The minimum atomic E-state index is -0.126. The van der Waals surface area contributed by atoms with Crippen molar-refractivity contribution in [2.45, 2.75) is 18.9 Å². The Balaban J connectivity index is 1.27. The van der Waals surface area contributed by atoms with Crippen molar-refractivity contribution in [1.82, 2.24) is 30.1 Å². The molecular weight excluding hydrogens is 414 g/mol. The van der Waals surface area contributed by atoms with Gasteiger partial charge in [0.15, 0.2) is 11.5 Å². The maximum atomic E-state index is 12.4. The molecule has 0 radical (unpaired) electrons. The van der Waals surface area contributed by atoms with Gasteiger partial charge in [-0.3, -0.25) is 4.79 Å². The summed E-state index contributed by atoms with van der Waals surface area (Å²) in [4.78, 5) is 18.6. The van der Waals surface area contributed by atoms with Crippen LogP contribution >= 0.6 is 11.6 Å². The van der Waals surface area contributed by atoms with Crippen LogP contribution in [0.4, 0.5) is 5.82 Å². The molecule has 1 aliphatic rings. The molecule has 5 rings (SSSR count). The van der Waals surface area contributed by atoms with Gasteiger partial charge in [-0.15, -0.1) is 15.3 Å². The number of benzene rings is 1. The van der Waals surface area contributed by atoms with Crippen molar-refractivity contribution in [2.75, 3.05) is 18.0 Å². The Morgan fingerprint density at radius 2 is 1.81 bits per heavy atom. The minimum absolute atomic E-state index is 0.109. The highest BCUT2D eigenvalue weighted by molar-refractivity contribution is 6.29. The summed E-state index contributed by atoms with van der Waals surface area (Å²) in [7, 11) is 0. The van der Waals surface area contributed by atoms with Crippen molar-refractivity contribution in [3.8, 4) is 11.4 Å². The lowest BCUT2D eigenvalue weighted by Gasteiger charge is -2.33. The highest BCUT2D eigenvalue weighted by atomic mass is 35.5. The number of hydrogen-bond acceptors (Lipinski definition) is 6. The molecule has 4 aromatic rings. The van der Waals surface area contributed by atoms with E-state index in [0.29, 0.717) is 16.4 Å². The third-order valence-electron chi connectivity index (χ3n) is 5.42. The lowest BCUT2D eigenvalue weighted by molar-refractivity contribution is 0.0930. The summed E-state index contributed by atoms with van der Waals surface area (Å²) in [5.74, 6) is 1.46. The lowest BCUT2D eigenvalue weighted by atomic mass is 10.0. The van der Waals surface area contributed by atoms with Gasteiger partial charge in [-0.05, 0) is 37.1 Å². The summed E-state index contributed by atoms with van der Waals surface area (Å²) in [5, 5.41) is 16.8. The van der Waals surface area contributed by atoms with Gasteiger partial charge in [0.05, 0.1) is 5.56 Å². The van der Waals surface area contributed by atoms with Crippen LogP contribution in [0.15, 0.2) is 60.8 Å². The number of hydrogen-bond donors (Lipinski definition) is 1. The van der Waals surface area contributed by atoms with E-state index in [-0.39, 0.29) is 11.9 Å². The lowest BCUT2D eigenvalue weighted by Crippen LogP contribution is -2.45. The van der Waals surface area contributed by atoms with Gasteiger partial charge in [-0.1, -0.05) is 41.9 Å². The number of rotatable bonds is 4. The van der Waals surface area contributed by atoms with Crippen molar-refractivity contribution >= 4 is 29.0 Å². The van der Waals surface area contributed by atoms with Crippen LogP contribution in [0.2, 0.25) is 5.15 Å². The molecule has 8 nitrogen and oxygen atoms in total. The first kappa shape index (κ1) is 19.4. The zero-order valence-corrected chi connectivity index (χ0v) is 17.4. The fourth-order valence-corrected chi connectivity index (χ4v) is 3.86. The zero-order chi connectivity index (χ0) is 21.2. The highest BCUT2D eigenvalue weighted by Gasteiger charge is 2.23. The molecule has 1 aromatic carbocycles. The monoisotopic (exact) mass is 433 g/mol. The Hall–Kier alpha value is -3.52. The fourth-order valence-electron chi connectivity index (χ4n) is 3.75. The van der Waals surface area contributed by atoms with E-state index in [2.05, 4.69) is 25.4 Å². The van der Waals surface area contributed by atoms with Crippen LogP contribution in [-0.4, -0.2) is 49.8 Å². The predicted molar refractivity (Wildman–Crippen MR) is 118 cm³/mol. The van der Waals surface area contributed by atoms with Gasteiger partial charge in [0.1, 0.15) is 11.0 Å². The van der Waals surface area contributed by atoms with Gasteiger partial charge >= 0.3 is 0 Å². The first-order chi connectivity index (χ1) is 15.2. The van der Waals surface area contributed by atoms with Crippen molar-refractivity contribution in [3.05, 3.63) is 71.5 Å². The van der Waals surface area contributed by atoms with Gasteiger partial charge < -0.3 is 10.2 Å². The van der Waals surface area contributed by atoms with E-state index < -0.39 is 0 Å². The van der Waals surface area contributed by atoms with E-state index in [1.54, 1.807) is 16.6 Å². The van der Waals surface area contributed by atoms with Gasteiger partial charge in [0.25, 0.3) is 5.91 Å². The molecule has 1 fully saturated rings. The van der Waals surface area contributed by atoms with Gasteiger partial charge in [-0.2, -0.15) is 4.52 Å². The molecule has 9 heteroatoms. The molecule has 0 saturated carbocycles. The summed E-state index contributed by atoms with van der Waals surface area (Å²) in [6.07, 6.45) is 3.16. The van der Waals surface area contributed by atoms with Gasteiger partial charge in [0, 0.05) is 30.9 Å². The maximum Gasteiger partial charge on any atom is 0.253 e. The van der Waals surface area contributed by atoms with Crippen LogP contribution in [0.1, 0.15) is 23.2 Å². The molecule has 0 aliphatic carbocycles. The van der Waals surface area contributed by atoms with Gasteiger partial charge in [-0.25, -0.2) is 4.98 Å². The number of fused-ring (bicyclic) bond motifs is 1. The van der Waals surface area contributed by atoms with E-state index in [4.69, 9.17) is 16.7 Å². The van der Waals surface area contributed by atoms with Crippen molar-refractivity contribution < 1.29 is 4.79 Å². The molecule has 0 bridgehead atoms. The minimum Gasteiger partial charge on any atom is -0.355 e. The SMILES string of the molecule is O=C(NC1CCN(c2ccc3nnc(-c4ccccc4)n3n2)CC1)c1ccc(Cl)nc1. The van der Waals surface area contributed by atoms with Crippen molar-refractivity contribution in [2.24, 2.45) is 0 Å². The molecule has 156 valence electrons. The average Bonchev–Trinajstić information content (AvgIpc) is 3.24. The molecule has 0 atom stereocenters. The van der Waals surface area contributed by atoms with Crippen LogP contribution in [0.3, 0.4) is 0 Å². The Morgan fingerprint density at radius 3 is 2.55 bits per heavy atom. The molecular formula is C22H20ClN7O. The second kappa shape index (κ2) is 8.31. The van der Waals surface area contributed by atoms with Crippen LogP contribution < -0.4 is 10.2 Å². The van der Waals surface area contributed by atoms with E-state index in [1.165, 1.54) is 6.20 Å². The standard InChI is InChI=1S/C22H20ClN7O/c23-18-7-6-16(14-24-18)22(31)25-17-10-12-29(13-11-17)20-9-8-19-26-27-21(30(19)28-20)15-4-2-1-3-5-15/h1-9,14,17H,10-13H2,(H,25,31). The molecule has 1 aliphatic heterocycles. The van der Waals surface area contributed by atoms with E-state index >= 15 is 0 Å². The van der Waals surface area contributed by atoms with E-state index in [9.17, 15) is 4.79 Å². The Kier molecular flexibility index (Phi) is 5.21. The highest BCUT2D eigenvalue weighted by Crippen LogP contribution is 2.22. The quantitative estimate of drug-likeness (QED) is 0.497. The number of aromatic nitrogens is 5. The molecule has 3 aromatic heterocycles. The fraction of sp³-hybridized carbons (Fsp3) is 0.227. The molecule has 1 saturated heterocycles. The van der Waals surface area contributed by atoms with Crippen molar-refractivity contribution in [1.29, 1.82) is 0 Å². The Bertz CT molecular complexity index is 1200. The number of carbonyl (C=O) groups excluding carboxylic acids is 1. The number of nitrogens with zero attached hydrogens (tertiary/aromatic N) is 6. The third-order valence-corrected chi connectivity index (χ3v) is 5.65. The van der Waals surface area contributed by atoms with Crippen LogP contribution in [0.5, 0.6) is 0 Å². The Morgan fingerprint density at radius 1 is 1.00 bits per heavy atom. The Labute approximate surface area is 183 Å². The normalized spacial score (nSPS) is 14.7. The molecule has 31 heavy (non-hydrogen) atoms. The number of halogens is 1. The summed E-state index contributed by atoms with van der Waals surface area (Å²) in [5.41, 5.74) is 2.19. The van der Waals surface area contributed by atoms with E-state index in [1.807, 2.05) is 42.5 Å². The third kappa shape index (κ3) is 4.06. The second-order valence-corrected chi connectivity index (χ2v) is 7.84. The smallest absolute Gasteiger partial charge is 0.253 e. The molecule has 4 heterocycles. The number of anilines is 1. The summed E-state index contributed by atoms with van der Waals surface area (Å²) in [6, 6.07) is 17.2. The second-order valence-electron chi connectivity index (χ2n) is 7.46. The topological polar surface area (TPSA) is 88.3 Å². The zero-order valence-electron chi connectivity index (χ0n) is 16.6. The first-order valence-corrected chi connectivity index (χ1v) is 10.5. The summed E-state index contributed by atoms with van der Waals surface area (Å²) >= 11 is 5.79. The molecule has 0 unspecified atom stereocenters.